The second-order valence-corrected chi connectivity index (χ2v) is 4.14. The number of ether oxygens (including phenoxy) is 1. The van der Waals surface area contributed by atoms with E-state index >= 15 is 0 Å². The first-order chi connectivity index (χ1) is 8.74. The number of benzene rings is 2. The van der Waals surface area contributed by atoms with Crippen molar-refractivity contribution in [3.8, 4) is 11.5 Å². The number of rotatable bonds is 1. The monoisotopic (exact) mass is 276 g/mol. The van der Waals surface area contributed by atoms with Crippen molar-refractivity contribution in [2.75, 3.05) is 5.32 Å². The molecule has 0 saturated carbocycles. The highest BCUT2D eigenvalue weighted by atomic mass is 35.5. The maximum absolute atomic E-state index is 11.1. The number of para-hydroxylation sites is 1. The highest BCUT2D eigenvalue weighted by molar-refractivity contribution is 5.94. The standard InChI is InChI=1S/C14H12N2O2.ClH/c15-14(17)9-5-6-13-11(7-9)16-8-10-3-1-2-4-12(10)18-13;/h1-7,16H,8H2,(H2,15,17);1H. The van der Waals surface area contributed by atoms with Crippen LogP contribution in [0.5, 0.6) is 11.5 Å². The van der Waals surface area contributed by atoms with Gasteiger partial charge in [-0.3, -0.25) is 4.79 Å². The van der Waals surface area contributed by atoms with Crippen LogP contribution >= 0.6 is 12.4 Å². The highest BCUT2D eigenvalue weighted by Crippen LogP contribution is 2.35. The van der Waals surface area contributed by atoms with Gasteiger partial charge in [0.05, 0.1) is 5.69 Å². The summed E-state index contributed by atoms with van der Waals surface area (Å²) in [5.74, 6) is 1.09. The first-order valence-corrected chi connectivity index (χ1v) is 5.67. The van der Waals surface area contributed by atoms with E-state index in [0.29, 0.717) is 17.9 Å². The van der Waals surface area contributed by atoms with E-state index in [0.717, 1.165) is 17.0 Å². The Hall–Kier alpha value is -2.20. The number of fused-ring (bicyclic) bond motifs is 2. The molecule has 3 rings (SSSR count). The molecule has 1 amide bonds. The van der Waals surface area contributed by atoms with E-state index in [1.54, 1.807) is 18.2 Å². The number of carbonyl (C=O) groups is 1. The lowest BCUT2D eigenvalue weighted by molar-refractivity contribution is 0.100. The number of nitrogens with one attached hydrogen (secondary N) is 1. The van der Waals surface area contributed by atoms with E-state index in [1.807, 2.05) is 24.3 Å². The summed E-state index contributed by atoms with van der Waals surface area (Å²) in [6, 6.07) is 13.0. The maximum Gasteiger partial charge on any atom is 0.248 e. The average molecular weight is 277 g/mol. The number of anilines is 1. The summed E-state index contributed by atoms with van der Waals surface area (Å²) >= 11 is 0. The minimum absolute atomic E-state index is 0. The number of carbonyl (C=O) groups excluding carboxylic acids is 1. The van der Waals surface area contributed by atoms with Crippen molar-refractivity contribution in [2.24, 2.45) is 5.73 Å². The molecule has 2 aromatic carbocycles. The van der Waals surface area contributed by atoms with Gasteiger partial charge in [-0.05, 0) is 24.3 Å². The first-order valence-electron chi connectivity index (χ1n) is 5.67. The Morgan fingerprint density at radius 3 is 2.74 bits per heavy atom. The van der Waals surface area contributed by atoms with E-state index in [2.05, 4.69) is 5.32 Å². The molecule has 1 heterocycles. The molecule has 98 valence electrons. The van der Waals surface area contributed by atoms with E-state index < -0.39 is 5.91 Å². The van der Waals surface area contributed by atoms with Gasteiger partial charge in [0.1, 0.15) is 5.75 Å². The number of hydrogen-bond acceptors (Lipinski definition) is 3. The second kappa shape index (κ2) is 5.20. The maximum atomic E-state index is 11.1. The van der Waals surface area contributed by atoms with Crippen LogP contribution in [0.3, 0.4) is 0 Å². The molecule has 19 heavy (non-hydrogen) atoms. The molecule has 0 saturated heterocycles. The lowest BCUT2D eigenvalue weighted by Gasteiger charge is -2.08. The predicted octanol–water partition coefficient (Wildman–Crippen LogP) is 2.93. The summed E-state index contributed by atoms with van der Waals surface area (Å²) in [7, 11) is 0. The molecule has 0 radical (unpaired) electrons. The minimum Gasteiger partial charge on any atom is -0.455 e. The fraction of sp³-hybridized carbons (Fsp3) is 0.0714. The van der Waals surface area contributed by atoms with Crippen molar-refractivity contribution in [3.63, 3.8) is 0 Å². The normalized spacial score (nSPS) is 11.8. The van der Waals surface area contributed by atoms with Gasteiger partial charge >= 0.3 is 0 Å². The number of halogens is 1. The van der Waals surface area contributed by atoms with Gasteiger partial charge in [0.2, 0.25) is 5.91 Å². The van der Waals surface area contributed by atoms with Crippen LogP contribution in [0.4, 0.5) is 5.69 Å². The molecule has 0 unspecified atom stereocenters. The summed E-state index contributed by atoms with van der Waals surface area (Å²) in [4.78, 5) is 11.1. The third kappa shape index (κ3) is 2.48. The molecule has 0 aliphatic carbocycles. The van der Waals surface area contributed by atoms with Crippen LogP contribution in [0.1, 0.15) is 15.9 Å². The Labute approximate surface area is 117 Å². The van der Waals surface area contributed by atoms with E-state index in [-0.39, 0.29) is 12.4 Å². The molecule has 1 aliphatic heterocycles. The van der Waals surface area contributed by atoms with E-state index in [4.69, 9.17) is 10.5 Å². The smallest absolute Gasteiger partial charge is 0.248 e. The Morgan fingerprint density at radius 2 is 1.95 bits per heavy atom. The van der Waals surface area contributed by atoms with Crippen LogP contribution in [0.25, 0.3) is 0 Å². The Balaban J connectivity index is 0.00000133. The van der Waals surface area contributed by atoms with Crippen LogP contribution in [0.2, 0.25) is 0 Å². The molecule has 0 aromatic heterocycles. The largest absolute Gasteiger partial charge is 0.455 e. The van der Waals surface area contributed by atoms with Gasteiger partial charge in [0, 0.05) is 17.7 Å². The number of amides is 1. The molecule has 0 bridgehead atoms. The van der Waals surface area contributed by atoms with E-state index in [1.165, 1.54) is 0 Å². The summed E-state index contributed by atoms with van der Waals surface area (Å²) in [6.07, 6.45) is 0. The van der Waals surface area contributed by atoms with Crippen molar-refractivity contribution in [1.29, 1.82) is 0 Å². The van der Waals surface area contributed by atoms with Gasteiger partial charge in [-0.25, -0.2) is 0 Å². The second-order valence-electron chi connectivity index (χ2n) is 4.14. The summed E-state index contributed by atoms with van der Waals surface area (Å²) in [5, 5.41) is 3.24. The van der Waals surface area contributed by atoms with Crippen molar-refractivity contribution in [3.05, 3.63) is 53.6 Å². The summed E-state index contributed by atoms with van der Waals surface area (Å²) in [6.45, 7) is 0.658. The molecule has 3 N–H and O–H groups in total. The van der Waals surface area contributed by atoms with Crippen molar-refractivity contribution < 1.29 is 9.53 Å². The fourth-order valence-corrected chi connectivity index (χ4v) is 1.97. The van der Waals surface area contributed by atoms with Gasteiger partial charge in [0.15, 0.2) is 5.75 Å². The zero-order valence-corrected chi connectivity index (χ0v) is 10.9. The third-order valence-corrected chi connectivity index (χ3v) is 2.93. The van der Waals surface area contributed by atoms with Crippen molar-refractivity contribution in [1.82, 2.24) is 0 Å². The van der Waals surface area contributed by atoms with Gasteiger partial charge in [-0.2, -0.15) is 0 Å². The summed E-state index contributed by atoms with van der Waals surface area (Å²) in [5.41, 5.74) is 7.59. The molecule has 2 aromatic rings. The molecule has 0 atom stereocenters. The van der Waals surface area contributed by atoms with Crippen LogP contribution < -0.4 is 15.8 Å². The number of hydrogen-bond donors (Lipinski definition) is 2. The number of nitrogens with two attached hydrogens (primary N) is 1. The van der Waals surface area contributed by atoms with Gasteiger partial charge in [0.25, 0.3) is 0 Å². The molecule has 0 spiro atoms. The van der Waals surface area contributed by atoms with Crippen LogP contribution in [0.15, 0.2) is 42.5 Å². The van der Waals surface area contributed by atoms with E-state index in [9.17, 15) is 4.79 Å². The third-order valence-electron chi connectivity index (χ3n) is 2.93. The molecular weight excluding hydrogens is 264 g/mol. The lowest BCUT2D eigenvalue weighted by Crippen LogP contribution is -2.11. The zero-order chi connectivity index (χ0) is 12.5. The van der Waals surface area contributed by atoms with Crippen LogP contribution in [-0.2, 0) is 6.54 Å². The average Bonchev–Trinajstić information content (AvgIpc) is 2.56. The lowest BCUT2D eigenvalue weighted by atomic mass is 10.1. The zero-order valence-electron chi connectivity index (χ0n) is 10.1. The highest BCUT2D eigenvalue weighted by Gasteiger charge is 2.14. The predicted molar refractivity (Wildman–Crippen MR) is 76.1 cm³/mol. The van der Waals surface area contributed by atoms with Gasteiger partial charge in [-0.1, -0.05) is 18.2 Å². The topological polar surface area (TPSA) is 64.4 Å². The summed E-state index contributed by atoms with van der Waals surface area (Å²) < 4.78 is 5.82. The van der Waals surface area contributed by atoms with Crippen molar-refractivity contribution in [2.45, 2.75) is 6.54 Å². The van der Waals surface area contributed by atoms with Gasteiger partial charge < -0.3 is 15.8 Å². The number of primary amides is 1. The SMILES string of the molecule is Cl.NC(=O)c1ccc2c(c1)NCc1ccccc1O2. The molecule has 0 fully saturated rings. The molecule has 5 heteroatoms. The van der Waals surface area contributed by atoms with Gasteiger partial charge in [-0.15, -0.1) is 12.4 Å². The minimum atomic E-state index is -0.443. The molecular formula is C14H13ClN2O2. The fourth-order valence-electron chi connectivity index (χ4n) is 1.97. The van der Waals surface area contributed by atoms with Crippen LogP contribution in [0, 0.1) is 0 Å². The van der Waals surface area contributed by atoms with Crippen molar-refractivity contribution >= 4 is 24.0 Å². The Bertz CT molecular complexity index is 629. The Kier molecular flexibility index (Phi) is 3.62. The quantitative estimate of drug-likeness (QED) is 0.842. The molecule has 4 nitrogen and oxygen atoms in total. The van der Waals surface area contributed by atoms with Crippen LogP contribution in [-0.4, -0.2) is 5.91 Å². The first kappa shape index (κ1) is 13.2. The molecule has 1 aliphatic rings. The Morgan fingerprint density at radius 1 is 1.16 bits per heavy atom.